The maximum Gasteiger partial charge on any atom is 0.227 e. The fraction of sp³-hybridized carbons (Fsp3) is 0.429. The summed E-state index contributed by atoms with van der Waals surface area (Å²) < 4.78 is 35.3. The van der Waals surface area contributed by atoms with E-state index in [2.05, 4.69) is 32.3 Å². The normalized spacial score (nSPS) is 16.5. The highest BCUT2D eigenvalue weighted by atomic mass is 19.1. The van der Waals surface area contributed by atoms with Crippen molar-refractivity contribution >= 4 is 17.3 Å². The highest BCUT2D eigenvalue weighted by molar-refractivity contribution is 5.73. The van der Waals surface area contributed by atoms with Gasteiger partial charge in [-0.15, -0.1) is 0 Å². The molecule has 0 amide bonds. The Labute approximate surface area is 216 Å². The number of β-amino-alcohol motifs (C(OH)–C–C–N with tert-alkyl or cyclic N) is 1. The molecule has 9 heteroatoms. The Bertz CT molecular complexity index is 1230. The lowest BCUT2D eigenvalue weighted by molar-refractivity contribution is 0.164. The van der Waals surface area contributed by atoms with Crippen LogP contribution in [-0.2, 0) is 0 Å². The van der Waals surface area contributed by atoms with Gasteiger partial charge < -0.3 is 25.0 Å². The Morgan fingerprint density at radius 3 is 2.54 bits per heavy atom. The summed E-state index contributed by atoms with van der Waals surface area (Å²) in [5, 5.41) is 12.3. The summed E-state index contributed by atoms with van der Waals surface area (Å²) in [6.07, 6.45) is 3.23. The number of aliphatic hydroxyl groups excluding tert-OH is 1. The third-order valence-corrected chi connectivity index (χ3v) is 7.19. The summed E-state index contributed by atoms with van der Waals surface area (Å²) in [6, 6.07) is 11.3. The standard InChI is InChI=1S/C28H33F2N5O2/c1-18(2)35-12-14-37-27-23(29)15-21(16-25(27)35)26-24(30)17-31-28(33-26)32-22-5-3-19(4-6-22)20-7-9-34(10-8-20)11-13-36/h3-6,15-18,20,36H,7-14H2,1-2H3,(H,31,32,33). The van der Waals surface area contributed by atoms with Crippen molar-refractivity contribution in [2.24, 2.45) is 0 Å². The first-order chi connectivity index (χ1) is 17.9. The molecule has 2 N–H and O–H groups in total. The van der Waals surface area contributed by atoms with E-state index in [-0.39, 0.29) is 30.0 Å². The molecular weight excluding hydrogens is 476 g/mol. The molecule has 2 aliphatic rings. The Hall–Kier alpha value is -3.30. The summed E-state index contributed by atoms with van der Waals surface area (Å²) in [6.45, 7) is 7.99. The molecule has 0 saturated carbocycles. The summed E-state index contributed by atoms with van der Waals surface area (Å²) >= 11 is 0. The first-order valence-electron chi connectivity index (χ1n) is 12.9. The first kappa shape index (κ1) is 25.4. The Morgan fingerprint density at radius 2 is 1.84 bits per heavy atom. The number of halogens is 2. The van der Waals surface area contributed by atoms with Crippen LogP contribution >= 0.6 is 0 Å². The van der Waals surface area contributed by atoms with Crippen LogP contribution in [0.2, 0.25) is 0 Å². The first-order valence-corrected chi connectivity index (χ1v) is 12.9. The Morgan fingerprint density at radius 1 is 1.08 bits per heavy atom. The van der Waals surface area contributed by atoms with Gasteiger partial charge in [0.2, 0.25) is 5.95 Å². The highest BCUT2D eigenvalue weighted by Crippen LogP contribution is 2.39. The van der Waals surface area contributed by atoms with Crippen molar-refractivity contribution in [2.75, 3.05) is 49.6 Å². The monoisotopic (exact) mass is 509 g/mol. The number of piperidine rings is 1. The maximum absolute atomic E-state index is 14.9. The number of ether oxygens (including phenoxy) is 1. The minimum atomic E-state index is -0.624. The fourth-order valence-electron chi connectivity index (χ4n) is 5.20. The molecule has 1 saturated heterocycles. The smallest absolute Gasteiger partial charge is 0.227 e. The summed E-state index contributed by atoms with van der Waals surface area (Å²) in [5.41, 5.74) is 3.02. The molecule has 3 heterocycles. The van der Waals surface area contributed by atoms with Crippen molar-refractivity contribution in [3.63, 3.8) is 0 Å². The third-order valence-electron chi connectivity index (χ3n) is 7.19. The quantitative estimate of drug-likeness (QED) is 0.467. The summed E-state index contributed by atoms with van der Waals surface area (Å²) in [4.78, 5) is 12.8. The molecule has 7 nitrogen and oxygen atoms in total. The fourth-order valence-corrected chi connectivity index (χ4v) is 5.20. The number of aliphatic hydroxyl groups is 1. The average molecular weight is 510 g/mol. The minimum Gasteiger partial charge on any atom is -0.486 e. The van der Waals surface area contributed by atoms with Gasteiger partial charge in [0.05, 0.1) is 25.0 Å². The van der Waals surface area contributed by atoms with Crippen LogP contribution in [-0.4, -0.2) is 65.4 Å². The number of benzene rings is 2. The van der Waals surface area contributed by atoms with Crippen LogP contribution in [0, 0.1) is 11.6 Å². The number of anilines is 3. The lowest BCUT2D eigenvalue weighted by atomic mass is 9.89. The Kier molecular flexibility index (Phi) is 7.53. The predicted molar refractivity (Wildman–Crippen MR) is 141 cm³/mol. The molecule has 5 rings (SSSR count). The molecule has 37 heavy (non-hydrogen) atoms. The number of nitrogens with zero attached hydrogens (tertiary/aromatic N) is 4. The van der Waals surface area contributed by atoms with E-state index in [4.69, 9.17) is 9.84 Å². The largest absolute Gasteiger partial charge is 0.486 e. The van der Waals surface area contributed by atoms with E-state index in [0.717, 1.165) is 44.4 Å². The van der Waals surface area contributed by atoms with Crippen LogP contribution in [0.15, 0.2) is 42.6 Å². The van der Waals surface area contributed by atoms with Gasteiger partial charge in [0.25, 0.3) is 0 Å². The summed E-state index contributed by atoms with van der Waals surface area (Å²) in [7, 11) is 0. The number of aromatic nitrogens is 2. The van der Waals surface area contributed by atoms with Crippen molar-refractivity contribution in [3.8, 4) is 17.0 Å². The molecule has 196 valence electrons. The molecule has 1 fully saturated rings. The third kappa shape index (κ3) is 5.52. The van der Waals surface area contributed by atoms with E-state index in [9.17, 15) is 8.78 Å². The van der Waals surface area contributed by atoms with Gasteiger partial charge in [0.1, 0.15) is 12.3 Å². The molecule has 2 aliphatic heterocycles. The zero-order valence-electron chi connectivity index (χ0n) is 21.3. The SMILES string of the molecule is CC(C)N1CCOc2c(F)cc(-c3nc(Nc4ccc(C5CCN(CCO)CC5)cc4)ncc3F)cc21. The number of fused-ring (bicyclic) bond motifs is 1. The van der Waals surface area contributed by atoms with Gasteiger partial charge in [-0.2, -0.15) is 0 Å². The zero-order valence-corrected chi connectivity index (χ0v) is 21.3. The second-order valence-electron chi connectivity index (χ2n) is 9.92. The van der Waals surface area contributed by atoms with Gasteiger partial charge in [0.15, 0.2) is 17.4 Å². The van der Waals surface area contributed by atoms with Crippen LogP contribution in [0.5, 0.6) is 5.75 Å². The number of hydrogen-bond acceptors (Lipinski definition) is 7. The van der Waals surface area contributed by atoms with Crippen LogP contribution in [0.25, 0.3) is 11.3 Å². The molecular formula is C28H33F2N5O2. The molecule has 0 bridgehead atoms. The lowest BCUT2D eigenvalue weighted by Crippen LogP contribution is -2.38. The topological polar surface area (TPSA) is 73.8 Å². The lowest BCUT2D eigenvalue weighted by Gasteiger charge is -2.34. The molecule has 0 aliphatic carbocycles. The number of nitrogens with one attached hydrogen (secondary N) is 1. The molecule has 0 spiro atoms. The maximum atomic E-state index is 14.9. The minimum absolute atomic E-state index is 0.0275. The van der Waals surface area contributed by atoms with Crippen LogP contribution < -0.4 is 15.0 Å². The van der Waals surface area contributed by atoms with E-state index < -0.39 is 11.6 Å². The predicted octanol–water partition coefficient (Wildman–Crippen LogP) is 4.94. The van der Waals surface area contributed by atoms with Gasteiger partial charge in [-0.1, -0.05) is 12.1 Å². The van der Waals surface area contributed by atoms with Crippen LogP contribution in [0.1, 0.15) is 38.2 Å². The average Bonchev–Trinajstić information content (AvgIpc) is 2.90. The van der Waals surface area contributed by atoms with Crippen molar-refractivity contribution < 1.29 is 18.6 Å². The van der Waals surface area contributed by atoms with Gasteiger partial charge in [-0.25, -0.2) is 18.7 Å². The van der Waals surface area contributed by atoms with Crippen molar-refractivity contribution in [2.45, 2.75) is 38.6 Å². The number of likely N-dealkylation sites (tertiary alicyclic amines) is 1. The Balaban J connectivity index is 1.34. The second kappa shape index (κ2) is 11.0. The van der Waals surface area contributed by atoms with Gasteiger partial charge >= 0.3 is 0 Å². The highest BCUT2D eigenvalue weighted by Gasteiger charge is 2.26. The van der Waals surface area contributed by atoms with E-state index in [0.29, 0.717) is 30.3 Å². The van der Waals surface area contributed by atoms with E-state index >= 15 is 0 Å². The second-order valence-corrected chi connectivity index (χ2v) is 9.92. The van der Waals surface area contributed by atoms with Crippen molar-refractivity contribution in [3.05, 3.63) is 59.8 Å². The van der Waals surface area contributed by atoms with E-state index in [1.165, 1.54) is 11.6 Å². The molecule has 1 aromatic heterocycles. The zero-order chi connectivity index (χ0) is 25.9. The molecule has 0 unspecified atom stereocenters. The van der Waals surface area contributed by atoms with Crippen LogP contribution in [0.3, 0.4) is 0 Å². The molecule has 2 aromatic carbocycles. The van der Waals surface area contributed by atoms with Crippen molar-refractivity contribution in [1.29, 1.82) is 0 Å². The molecule has 0 radical (unpaired) electrons. The number of hydrogen-bond donors (Lipinski definition) is 2. The van der Waals surface area contributed by atoms with E-state index in [1.54, 1.807) is 6.07 Å². The van der Waals surface area contributed by atoms with Crippen LogP contribution in [0.4, 0.5) is 26.1 Å². The van der Waals surface area contributed by atoms with Gasteiger partial charge in [0, 0.05) is 23.8 Å². The van der Waals surface area contributed by atoms with Gasteiger partial charge in [-0.3, -0.25) is 0 Å². The molecule has 0 atom stereocenters. The molecule has 3 aromatic rings. The summed E-state index contributed by atoms with van der Waals surface area (Å²) in [5.74, 6) is -0.248. The van der Waals surface area contributed by atoms with E-state index in [1.807, 2.05) is 30.9 Å². The van der Waals surface area contributed by atoms with Crippen molar-refractivity contribution in [1.82, 2.24) is 14.9 Å². The number of rotatable bonds is 7. The van der Waals surface area contributed by atoms with Gasteiger partial charge in [-0.05, 0) is 75.5 Å².